The number of benzene rings is 2. The summed E-state index contributed by atoms with van der Waals surface area (Å²) in [6.07, 6.45) is 0. The molecule has 0 aliphatic carbocycles. The van der Waals surface area contributed by atoms with E-state index in [9.17, 15) is 17.6 Å². The van der Waals surface area contributed by atoms with Crippen molar-refractivity contribution in [2.24, 2.45) is 0 Å². The van der Waals surface area contributed by atoms with Crippen molar-refractivity contribution >= 4 is 21.5 Å². The molecule has 0 radical (unpaired) electrons. The third kappa shape index (κ3) is 3.46. The summed E-state index contributed by atoms with van der Waals surface area (Å²) in [4.78, 5) is 11.4. The maximum atomic E-state index is 12.8. The third-order valence-electron chi connectivity index (χ3n) is 2.98. The Bertz CT molecular complexity index is 783. The number of hydrogen-bond donors (Lipinski definition) is 1. The van der Waals surface area contributed by atoms with Crippen LogP contribution in [0.1, 0.15) is 22.8 Å². The number of halogens is 1. The zero-order chi connectivity index (χ0) is 15.6. The van der Waals surface area contributed by atoms with Gasteiger partial charge in [-0.1, -0.05) is 12.1 Å². The fourth-order valence-corrected chi connectivity index (χ4v) is 3.17. The predicted molar refractivity (Wildman–Crippen MR) is 78.4 cm³/mol. The second-order valence-electron chi connectivity index (χ2n) is 4.65. The van der Waals surface area contributed by atoms with E-state index in [0.717, 1.165) is 12.1 Å². The summed E-state index contributed by atoms with van der Waals surface area (Å²) in [6.45, 7) is 3.01. The fraction of sp³-hybridized carbons (Fsp3) is 0.133. The number of rotatable bonds is 4. The van der Waals surface area contributed by atoms with E-state index in [0.29, 0.717) is 11.1 Å². The molecule has 0 fully saturated rings. The summed E-state index contributed by atoms with van der Waals surface area (Å²) in [5.41, 5.74) is 1.10. The van der Waals surface area contributed by atoms with Gasteiger partial charge in [0.2, 0.25) is 0 Å². The van der Waals surface area contributed by atoms with Crippen molar-refractivity contribution in [2.75, 3.05) is 4.72 Å². The van der Waals surface area contributed by atoms with E-state index < -0.39 is 15.8 Å². The van der Waals surface area contributed by atoms with Gasteiger partial charge in [0.05, 0.1) is 4.90 Å². The predicted octanol–water partition coefficient (Wildman–Crippen LogP) is 3.14. The Morgan fingerprint density at radius 2 is 1.71 bits per heavy atom. The summed E-state index contributed by atoms with van der Waals surface area (Å²) >= 11 is 0. The van der Waals surface area contributed by atoms with E-state index in [4.69, 9.17) is 0 Å². The third-order valence-corrected chi connectivity index (χ3v) is 4.50. The van der Waals surface area contributed by atoms with Gasteiger partial charge in [-0.3, -0.25) is 9.52 Å². The molecule has 0 unspecified atom stereocenters. The summed E-state index contributed by atoms with van der Waals surface area (Å²) < 4.78 is 39.9. The lowest BCUT2D eigenvalue weighted by atomic mass is 10.1. The van der Waals surface area contributed by atoms with E-state index in [-0.39, 0.29) is 16.4 Å². The van der Waals surface area contributed by atoms with Crippen molar-refractivity contribution in [1.82, 2.24) is 0 Å². The first-order valence-electron chi connectivity index (χ1n) is 6.19. The molecule has 21 heavy (non-hydrogen) atoms. The van der Waals surface area contributed by atoms with Gasteiger partial charge in [0, 0.05) is 11.3 Å². The standard InChI is InChI=1S/C15H14FNO3S/c1-10-3-4-12(11(2)18)9-15(10)21(19,20)17-14-7-5-13(16)6-8-14/h3-9,17H,1-2H3. The van der Waals surface area contributed by atoms with E-state index in [1.54, 1.807) is 19.1 Å². The first-order valence-corrected chi connectivity index (χ1v) is 7.68. The Morgan fingerprint density at radius 3 is 2.29 bits per heavy atom. The first kappa shape index (κ1) is 15.2. The molecule has 1 N–H and O–H groups in total. The Labute approximate surface area is 122 Å². The quantitative estimate of drug-likeness (QED) is 0.883. The average Bonchev–Trinajstić information content (AvgIpc) is 2.41. The fourth-order valence-electron chi connectivity index (χ4n) is 1.84. The SMILES string of the molecule is CC(=O)c1ccc(C)c(S(=O)(=O)Nc2ccc(F)cc2)c1. The zero-order valence-electron chi connectivity index (χ0n) is 11.6. The molecule has 0 aliphatic heterocycles. The van der Waals surface area contributed by atoms with Gasteiger partial charge in [0.1, 0.15) is 5.82 Å². The van der Waals surface area contributed by atoms with Crippen LogP contribution in [0.2, 0.25) is 0 Å². The molecule has 0 spiro atoms. The van der Waals surface area contributed by atoms with Crippen molar-refractivity contribution in [2.45, 2.75) is 18.7 Å². The normalized spacial score (nSPS) is 11.2. The molecule has 110 valence electrons. The van der Waals surface area contributed by atoms with Crippen LogP contribution in [0.25, 0.3) is 0 Å². The molecule has 2 aromatic rings. The first-order chi connectivity index (χ1) is 9.79. The molecular weight excluding hydrogens is 293 g/mol. The van der Waals surface area contributed by atoms with Gasteiger partial charge < -0.3 is 0 Å². The minimum Gasteiger partial charge on any atom is -0.295 e. The number of nitrogens with one attached hydrogen (secondary N) is 1. The van der Waals surface area contributed by atoms with Crippen molar-refractivity contribution < 1.29 is 17.6 Å². The van der Waals surface area contributed by atoms with Crippen LogP contribution in [0.5, 0.6) is 0 Å². The number of carbonyl (C=O) groups excluding carboxylic acids is 1. The van der Waals surface area contributed by atoms with Gasteiger partial charge >= 0.3 is 0 Å². The Morgan fingerprint density at radius 1 is 1.10 bits per heavy atom. The summed E-state index contributed by atoms with van der Waals surface area (Å²) in [5.74, 6) is -0.666. The van der Waals surface area contributed by atoms with Crippen molar-refractivity contribution in [1.29, 1.82) is 0 Å². The lowest BCUT2D eigenvalue weighted by Gasteiger charge is -2.11. The zero-order valence-corrected chi connectivity index (χ0v) is 12.4. The molecule has 6 heteroatoms. The Kier molecular flexibility index (Phi) is 4.09. The van der Waals surface area contributed by atoms with Gasteiger partial charge in [0.25, 0.3) is 10.0 Å². The Hall–Kier alpha value is -2.21. The topological polar surface area (TPSA) is 63.2 Å². The van der Waals surface area contributed by atoms with Crippen LogP contribution in [-0.4, -0.2) is 14.2 Å². The number of anilines is 1. The van der Waals surface area contributed by atoms with E-state index in [1.807, 2.05) is 0 Å². The second-order valence-corrected chi connectivity index (χ2v) is 6.30. The molecule has 0 atom stereocenters. The monoisotopic (exact) mass is 307 g/mol. The van der Waals surface area contributed by atoms with Crippen LogP contribution in [0.3, 0.4) is 0 Å². The average molecular weight is 307 g/mol. The highest BCUT2D eigenvalue weighted by molar-refractivity contribution is 7.92. The number of hydrogen-bond acceptors (Lipinski definition) is 3. The number of sulfonamides is 1. The molecule has 0 saturated heterocycles. The lowest BCUT2D eigenvalue weighted by molar-refractivity contribution is 0.101. The van der Waals surface area contributed by atoms with Crippen LogP contribution in [0.4, 0.5) is 10.1 Å². The minimum absolute atomic E-state index is 0.0273. The highest BCUT2D eigenvalue weighted by atomic mass is 32.2. The highest BCUT2D eigenvalue weighted by Crippen LogP contribution is 2.21. The molecule has 0 amide bonds. The number of carbonyl (C=O) groups is 1. The van der Waals surface area contributed by atoms with Crippen molar-refractivity contribution in [3.8, 4) is 0 Å². The molecule has 0 aliphatic rings. The van der Waals surface area contributed by atoms with Gasteiger partial charge in [-0.05, 0) is 49.7 Å². The second kappa shape index (κ2) is 5.65. The summed E-state index contributed by atoms with van der Waals surface area (Å²) in [5, 5.41) is 0. The van der Waals surface area contributed by atoms with E-state index >= 15 is 0 Å². The molecule has 4 nitrogen and oxygen atoms in total. The number of aryl methyl sites for hydroxylation is 1. The minimum atomic E-state index is -3.84. The van der Waals surface area contributed by atoms with Crippen LogP contribution in [0, 0.1) is 12.7 Å². The maximum Gasteiger partial charge on any atom is 0.262 e. The Balaban J connectivity index is 2.41. The maximum absolute atomic E-state index is 12.8. The lowest BCUT2D eigenvalue weighted by Crippen LogP contribution is -2.15. The van der Waals surface area contributed by atoms with Crippen LogP contribution < -0.4 is 4.72 Å². The van der Waals surface area contributed by atoms with Crippen molar-refractivity contribution in [3.05, 3.63) is 59.4 Å². The van der Waals surface area contributed by atoms with Crippen molar-refractivity contribution in [3.63, 3.8) is 0 Å². The molecule has 0 bridgehead atoms. The summed E-state index contributed by atoms with van der Waals surface area (Å²) in [6, 6.07) is 9.48. The number of Topliss-reactive ketones (excluding diaryl/α,β-unsaturated/α-hetero) is 1. The van der Waals surface area contributed by atoms with Gasteiger partial charge in [-0.25, -0.2) is 12.8 Å². The largest absolute Gasteiger partial charge is 0.295 e. The molecule has 0 saturated carbocycles. The van der Waals surface area contributed by atoms with Crippen LogP contribution >= 0.6 is 0 Å². The molecule has 2 rings (SSSR count). The van der Waals surface area contributed by atoms with Gasteiger partial charge in [-0.2, -0.15) is 0 Å². The van der Waals surface area contributed by atoms with Crippen LogP contribution in [0.15, 0.2) is 47.4 Å². The van der Waals surface area contributed by atoms with Crippen LogP contribution in [-0.2, 0) is 10.0 Å². The van der Waals surface area contributed by atoms with Gasteiger partial charge in [0.15, 0.2) is 5.78 Å². The smallest absolute Gasteiger partial charge is 0.262 e. The van der Waals surface area contributed by atoms with E-state index in [2.05, 4.69) is 4.72 Å². The van der Waals surface area contributed by atoms with E-state index in [1.165, 1.54) is 25.1 Å². The molecule has 0 aromatic heterocycles. The highest BCUT2D eigenvalue weighted by Gasteiger charge is 2.18. The van der Waals surface area contributed by atoms with Gasteiger partial charge in [-0.15, -0.1) is 0 Å². The summed E-state index contributed by atoms with van der Waals surface area (Å²) in [7, 11) is -3.84. The molecular formula is C15H14FNO3S. The molecule has 2 aromatic carbocycles. The molecule has 0 heterocycles. The number of ketones is 1.